The molecule has 5 heteroatoms. The van der Waals surface area contributed by atoms with Crippen LogP contribution in [0.3, 0.4) is 0 Å². The molecule has 0 fully saturated rings. The van der Waals surface area contributed by atoms with Crippen LogP contribution in [-0.2, 0) is 9.53 Å². The van der Waals surface area contributed by atoms with E-state index in [0.717, 1.165) is 12.8 Å². The van der Waals surface area contributed by atoms with Crippen molar-refractivity contribution >= 4 is 17.5 Å². The van der Waals surface area contributed by atoms with E-state index >= 15 is 0 Å². The van der Waals surface area contributed by atoms with Gasteiger partial charge in [0.25, 0.3) is 0 Å². The van der Waals surface area contributed by atoms with Gasteiger partial charge in [0, 0.05) is 26.0 Å². The third-order valence-electron chi connectivity index (χ3n) is 1.95. The summed E-state index contributed by atoms with van der Waals surface area (Å²) in [6.45, 7) is 0.798. The lowest BCUT2D eigenvalue weighted by Crippen LogP contribution is -2.28. The van der Waals surface area contributed by atoms with Crippen LogP contribution >= 0.6 is 11.6 Å². The molecule has 0 aliphatic carbocycles. The number of nitrogens with one attached hydrogen (secondary N) is 1. The lowest BCUT2D eigenvalue weighted by atomic mass is 10.2. The molecule has 0 aliphatic rings. The van der Waals surface area contributed by atoms with Crippen LogP contribution in [-0.4, -0.2) is 43.3 Å². The monoisotopic (exact) mass is 237 g/mol. The van der Waals surface area contributed by atoms with Crippen LogP contribution in [0.4, 0.5) is 0 Å². The molecular formula is C10H20ClNO3. The van der Waals surface area contributed by atoms with Gasteiger partial charge in [-0.2, -0.15) is 0 Å². The van der Waals surface area contributed by atoms with Crippen molar-refractivity contribution in [3.05, 3.63) is 0 Å². The third-order valence-corrected chi connectivity index (χ3v) is 2.21. The fraction of sp³-hybridized carbons (Fsp3) is 0.900. The number of unbranched alkanes of at least 4 members (excludes halogenated alkanes) is 1. The number of carbonyl (C=O) groups excluding carboxylic acids is 1. The topological polar surface area (TPSA) is 58.6 Å². The predicted molar refractivity (Wildman–Crippen MR) is 60.1 cm³/mol. The number of hydrogen-bond donors (Lipinski definition) is 2. The second-order valence-electron chi connectivity index (χ2n) is 3.39. The Morgan fingerprint density at radius 2 is 2.27 bits per heavy atom. The number of alkyl halides is 1. The van der Waals surface area contributed by atoms with Crippen LogP contribution in [0.1, 0.15) is 25.7 Å². The maximum Gasteiger partial charge on any atom is 0.219 e. The first-order chi connectivity index (χ1) is 7.20. The summed E-state index contributed by atoms with van der Waals surface area (Å²) in [6.07, 6.45) is 2.21. The van der Waals surface area contributed by atoms with E-state index < -0.39 is 6.10 Å². The van der Waals surface area contributed by atoms with E-state index in [-0.39, 0.29) is 5.91 Å². The molecule has 0 bridgehead atoms. The Labute approximate surface area is 95.9 Å². The van der Waals surface area contributed by atoms with Crippen molar-refractivity contribution < 1.29 is 14.6 Å². The minimum Gasteiger partial charge on any atom is -0.391 e. The van der Waals surface area contributed by atoms with Crippen LogP contribution in [0, 0.1) is 0 Å². The normalized spacial score (nSPS) is 12.5. The van der Waals surface area contributed by atoms with Gasteiger partial charge in [-0.15, -0.1) is 11.6 Å². The van der Waals surface area contributed by atoms with Crippen molar-refractivity contribution in [2.24, 2.45) is 0 Å². The van der Waals surface area contributed by atoms with Gasteiger partial charge in [0.15, 0.2) is 0 Å². The van der Waals surface area contributed by atoms with Crippen molar-refractivity contribution in [2.45, 2.75) is 31.8 Å². The Balaban J connectivity index is 3.30. The smallest absolute Gasteiger partial charge is 0.219 e. The van der Waals surface area contributed by atoms with E-state index in [1.807, 2.05) is 0 Å². The Hall–Kier alpha value is -0.320. The fourth-order valence-electron chi connectivity index (χ4n) is 1.12. The van der Waals surface area contributed by atoms with Crippen LogP contribution in [0.15, 0.2) is 0 Å². The summed E-state index contributed by atoms with van der Waals surface area (Å²) in [7, 11) is 1.54. The molecule has 0 aromatic rings. The molecule has 4 nitrogen and oxygen atoms in total. The Morgan fingerprint density at radius 3 is 2.87 bits per heavy atom. The molecule has 0 aromatic heterocycles. The molecule has 0 aromatic carbocycles. The number of aliphatic hydroxyl groups excluding tert-OH is 1. The molecule has 1 unspecified atom stereocenters. The van der Waals surface area contributed by atoms with E-state index in [1.54, 1.807) is 0 Å². The van der Waals surface area contributed by atoms with Crippen LogP contribution in [0.5, 0.6) is 0 Å². The summed E-state index contributed by atoms with van der Waals surface area (Å²) in [5.41, 5.74) is 0. The summed E-state index contributed by atoms with van der Waals surface area (Å²) < 4.78 is 4.76. The summed E-state index contributed by atoms with van der Waals surface area (Å²) in [5.74, 6) is 0.615. The number of rotatable bonds is 9. The molecule has 0 spiro atoms. The Kier molecular flexibility index (Phi) is 9.99. The molecular weight excluding hydrogens is 218 g/mol. The van der Waals surface area contributed by atoms with Gasteiger partial charge in [-0.25, -0.2) is 0 Å². The lowest BCUT2D eigenvalue weighted by Gasteiger charge is -2.09. The molecule has 90 valence electrons. The number of halogens is 1. The maximum absolute atomic E-state index is 11.2. The van der Waals surface area contributed by atoms with E-state index in [2.05, 4.69) is 5.32 Å². The predicted octanol–water partition coefficient (Wildman–Crippen LogP) is 0.909. The van der Waals surface area contributed by atoms with E-state index in [4.69, 9.17) is 16.3 Å². The van der Waals surface area contributed by atoms with E-state index in [0.29, 0.717) is 31.9 Å². The SMILES string of the molecule is COCC(O)CCNC(=O)CCCCCl. The second kappa shape index (κ2) is 10.2. The molecule has 1 amide bonds. The highest BCUT2D eigenvalue weighted by Crippen LogP contribution is 1.97. The van der Waals surface area contributed by atoms with E-state index in [1.165, 1.54) is 7.11 Å². The zero-order valence-corrected chi connectivity index (χ0v) is 9.92. The minimum atomic E-state index is -0.502. The molecule has 0 saturated heterocycles. The van der Waals surface area contributed by atoms with Gasteiger partial charge in [0.05, 0.1) is 12.7 Å². The van der Waals surface area contributed by atoms with Gasteiger partial charge < -0.3 is 15.2 Å². The van der Waals surface area contributed by atoms with Crippen molar-refractivity contribution in [2.75, 3.05) is 26.1 Å². The quantitative estimate of drug-likeness (QED) is 0.463. The zero-order valence-electron chi connectivity index (χ0n) is 9.17. The first-order valence-electron chi connectivity index (χ1n) is 5.20. The average Bonchev–Trinajstić information content (AvgIpc) is 2.18. The number of methoxy groups -OCH3 is 1. The highest BCUT2D eigenvalue weighted by atomic mass is 35.5. The first-order valence-corrected chi connectivity index (χ1v) is 5.73. The van der Waals surface area contributed by atoms with Gasteiger partial charge >= 0.3 is 0 Å². The molecule has 0 radical (unpaired) electrons. The number of hydrogen-bond acceptors (Lipinski definition) is 3. The Morgan fingerprint density at radius 1 is 1.53 bits per heavy atom. The zero-order chi connectivity index (χ0) is 11.5. The van der Waals surface area contributed by atoms with Crippen LogP contribution in [0.25, 0.3) is 0 Å². The largest absolute Gasteiger partial charge is 0.391 e. The van der Waals surface area contributed by atoms with Crippen molar-refractivity contribution in [3.8, 4) is 0 Å². The maximum atomic E-state index is 11.2. The molecule has 0 saturated carbocycles. The summed E-state index contributed by atoms with van der Waals surface area (Å²) in [5, 5.41) is 12.0. The minimum absolute atomic E-state index is 0.0183. The molecule has 2 N–H and O–H groups in total. The number of ether oxygens (including phenoxy) is 1. The van der Waals surface area contributed by atoms with E-state index in [9.17, 15) is 9.90 Å². The van der Waals surface area contributed by atoms with Gasteiger partial charge in [0.2, 0.25) is 5.91 Å². The van der Waals surface area contributed by atoms with Crippen LogP contribution in [0.2, 0.25) is 0 Å². The summed E-state index contributed by atoms with van der Waals surface area (Å²) in [4.78, 5) is 11.2. The lowest BCUT2D eigenvalue weighted by molar-refractivity contribution is -0.121. The van der Waals surface area contributed by atoms with Gasteiger partial charge in [-0.1, -0.05) is 0 Å². The summed E-state index contributed by atoms with van der Waals surface area (Å²) in [6, 6.07) is 0. The highest BCUT2D eigenvalue weighted by molar-refractivity contribution is 6.17. The molecule has 0 aliphatic heterocycles. The first kappa shape index (κ1) is 14.7. The molecule has 1 atom stereocenters. The van der Waals surface area contributed by atoms with Crippen molar-refractivity contribution in [3.63, 3.8) is 0 Å². The second-order valence-corrected chi connectivity index (χ2v) is 3.77. The molecule has 0 heterocycles. The number of aliphatic hydroxyl groups is 1. The molecule has 15 heavy (non-hydrogen) atoms. The standard InChI is InChI=1S/C10H20ClNO3/c1-15-8-9(13)5-7-12-10(14)4-2-3-6-11/h9,13H,2-8H2,1H3,(H,12,14). The summed E-state index contributed by atoms with van der Waals surface area (Å²) >= 11 is 5.49. The van der Waals surface area contributed by atoms with Crippen molar-refractivity contribution in [1.82, 2.24) is 5.32 Å². The van der Waals surface area contributed by atoms with Gasteiger partial charge in [-0.05, 0) is 19.3 Å². The third kappa shape index (κ3) is 9.97. The molecule has 0 rings (SSSR count). The van der Waals surface area contributed by atoms with Gasteiger partial charge in [-0.3, -0.25) is 4.79 Å². The number of amides is 1. The fourth-order valence-corrected chi connectivity index (χ4v) is 1.31. The highest BCUT2D eigenvalue weighted by Gasteiger charge is 2.04. The van der Waals surface area contributed by atoms with Crippen LogP contribution < -0.4 is 5.32 Å². The van der Waals surface area contributed by atoms with Crippen molar-refractivity contribution in [1.29, 1.82) is 0 Å². The Bertz CT molecular complexity index is 167. The average molecular weight is 238 g/mol. The van der Waals surface area contributed by atoms with Gasteiger partial charge in [0.1, 0.15) is 0 Å². The number of carbonyl (C=O) groups is 1.